The van der Waals surface area contributed by atoms with E-state index in [2.05, 4.69) is 5.32 Å². The number of amides is 1. The summed E-state index contributed by atoms with van der Waals surface area (Å²) in [5.41, 5.74) is 5.45. The lowest BCUT2D eigenvalue weighted by molar-refractivity contribution is -0.118. The molecule has 0 aliphatic rings. The molecule has 6 heteroatoms. The zero-order valence-electron chi connectivity index (χ0n) is 11.0. The lowest BCUT2D eigenvalue weighted by Crippen LogP contribution is -2.37. The number of aryl methyl sites for hydroxylation is 1. The first-order chi connectivity index (χ1) is 8.73. The number of nitrogens with two attached hydrogens (primary N) is 1. The summed E-state index contributed by atoms with van der Waals surface area (Å²) in [5, 5.41) is 2.32. The van der Waals surface area contributed by atoms with E-state index >= 15 is 0 Å². The van der Waals surface area contributed by atoms with Crippen LogP contribution in [0.4, 0.5) is 14.5 Å². The highest BCUT2D eigenvalue weighted by atomic mass is 32.1. The van der Waals surface area contributed by atoms with E-state index in [4.69, 9.17) is 18.0 Å². The van der Waals surface area contributed by atoms with E-state index in [-0.39, 0.29) is 22.2 Å². The standard InChI is InChI=1S/C13H16F2N2OS/c1-6(2)11(12(16)19)13(18)17-10-5-8(14)7(3)4-9(10)15/h4-6,11H,1-3H3,(H2,16,19)(H,17,18). The molecule has 0 aromatic heterocycles. The molecule has 0 spiro atoms. The van der Waals surface area contributed by atoms with Gasteiger partial charge < -0.3 is 11.1 Å². The van der Waals surface area contributed by atoms with Crippen LogP contribution in [0.25, 0.3) is 0 Å². The van der Waals surface area contributed by atoms with Crippen molar-refractivity contribution in [2.45, 2.75) is 20.8 Å². The predicted molar refractivity (Wildman–Crippen MR) is 74.8 cm³/mol. The first-order valence-electron chi connectivity index (χ1n) is 5.79. The van der Waals surface area contributed by atoms with Crippen molar-refractivity contribution >= 4 is 28.8 Å². The number of carbonyl (C=O) groups is 1. The highest BCUT2D eigenvalue weighted by Crippen LogP contribution is 2.21. The summed E-state index contributed by atoms with van der Waals surface area (Å²) >= 11 is 4.81. The van der Waals surface area contributed by atoms with Gasteiger partial charge in [-0.05, 0) is 24.5 Å². The van der Waals surface area contributed by atoms with Crippen molar-refractivity contribution < 1.29 is 13.6 Å². The SMILES string of the molecule is Cc1cc(F)c(NC(=O)C(C(N)=S)C(C)C)cc1F. The fourth-order valence-corrected chi connectivity index (χ4v) is 2.09. The molecule has 1 unspecified atom stereocenters. The fraction of sp³-hybridized carbons (Fsp3) is 0.385. The van der Waals surface area contributed by atoms with Crippen LogP contribution in [-0.4, -0.2) is 10.9 Å². The van der Waals surface area contributed by atoms with Gasteiger partial charge in [0.1, 0.15) is 11.6 Å². The molecule has 0 saturated heterocycles. The summed E-state index contributed by atoms with van der Waals surface area (Å²) in [7, 11) is 0. The highest BCUT2D eigenvalue weighted by molar-refractivity contribution is 7.80. The van der Waals surface area contributed by atoms with Crippen LogP contribution in [-0.2, 0) is 4.79 Å². The Morgan fingerprint density at radius 3 is 2.37 bits per heavy atom. The number of hydrogen-bond donors (Lipinski definition) is 2. The molecule has 0 heterocycles. The molecule has 19 heavy (non-hydrogen) atoms. The summed E-state index contributed by atoms with van der Waals surface area (Å²) < 4.78 is 27.0. The fourth-order valence-electron chi connectivity index (χ4n) is 1.71. The second-order valence-corrected chi connectivity index (χ2v) is 5.17. The molecular weight excluding hydrogens is 270 g/mol. The Bertz CT molecular complexity index is 518. The average Bonchev–Trinajstić information content (AvgIpc) is 2.24. The zero-order chi connectivity index (χ0) is 14.7. The predicted octanol–water partition coefficient (Wildman–Crippen LogP) is 2.77. The smallest absolute Gasteiger partial charge is 0.234 e. The van der Waals surface area contributed by atoms with E-state index in [0.29, 0.717) is 0 Å². The topological polar surface area (TPSA) is 55.1 Å². The van der Waals surface area contributed by atoms with Crippen LogP contribution in [0.5, 0.6) is 0 Å². The van der Waals surface area contributed by atoms with Crippen molar-refractivity contribution in [3.8, 4) is 0 Å². The Hall–Kier alpha value is -1.56. The molecule has 3 nitrogen and oxygen atoms in total. The maximum Gasteiger partial charge on any atom is 0.234 e. The molecule has 104 valence electrons. The lowest BCUT2D eigenvalue weighted by Gasteiger charge is -2.19. The van der Waals surface area contributed by atoms with Crippen LogP contribution < -0.4 is 11.1 Å². The average molecular weight is 286 g/mol. The number of hydrogen-bond acceptors (Lipinski definition) is 2. The number of rotatable bonds is 4. The Morgan fingerprint density at radius 1 is 1.32 bits per heavy atom. The molecule has 1 aromatic rings. The minimum absolute atomic E-state index is 0.0282. The monoisotopic (exact) mass is 286 g/mol. The van der Waals surface area contributed by atoms with E-state index in [0.717, 1.165) is 12.1 Å². The summed E-state index contributed by atoms with van der Waals surface area (Å²) in [4.78, 5) is 12.0. The van der Waals surface area contributed by atoms with Gasteiger partial charge in [0.15, 0.2) is 0 Å². The second-order valence-electron chi connectivity index (χ2n) is 4.69. The summed E-state index contributed by atoms with van der Waals surface area (Å²) in [5.74, 6) is -2.68. The van der Waals surface area contributed by atoms with Crippen molar-refractivity contribution in [2.24, 2.45) is 17.6 Å². The van der Waals surface area contributed by atoms with Crippen LogP contribution in [0.1, 0.15) is 19.4 Å². The van der Waals surface area contributed by atoms with Crippen LogP contribution in [0.15, 0.2) is 12.1 Å². The van der Waals surface area contributed by atoms with E-state index in [1.54, 1.807) is 13.8 Å². The van der Waals surface area contributed by atoms with Gasteiger partial charge in [-0.3, -0.25) is 4.79 Å². The Kier molecular flexibility index (Phi) is 4.94. The largest absolute Gasteiger partial charge is 0.393 e. The van der Waals surface area contributed by atoms with E-state index in [1.807, 2.05) is 0 Å². The number of benzene rings is 1. The zero-order valence-corrected chi connectivity index (χ0v) is 11.8. The first kappa shape index (κ1) is 15.5. The van der Waals surface area contributed by atoms with Crippen molar-refractivity contribution in [1.29, 1.82) is 0 Å². The molecule has 0 fully saturated rings. The maximum absolute atomic E-state index is 13.6. The summed E-state index contributed by atoms with van der Waals surface area (Å²) in [6, 6.07) is 1.97. The van der Waals surface area contributed by atoms with Gasteiger partial charge in [0.05, 0.1) is 16.6 Å². The minimum Gasteiger partial charge on any atom is -0.393 e. The van der Waals surface area contributed by atoms with E-state index in [9.17, 15) is 13.6 Å². The van der Waals surface area contributed by atoms with Gasteiger partial charge in [-0.25, -0.2) is 8.78 Å². The molecule has 3 N–H and O–H groups in total. The van der Waals surface area contributed by atoms with Crippen LogP contribution in [0.3, 0.4) is 0 Å². The van der Waals surface area contributed by atoms with Gasteiger partial charge in [0, 0.05) is 6.07 Å². The Balaban J connectivity index is 2.99. The number of halogens is 2. The number of thiocarbonyl (C=S) groups is 1. The number of anilines is 1. The molecule has 0 aliphatic heterocycles. The molecule has 1 aromatic carbocycles. The molecule has 0 saturated carbocycles. The molecule has 0 radical (unpaired) electrons. The van der Waals surface area contributed by atoms with Gasteiger partial charge in [0.2, 0.25) is 5.91 Å². The molecule has 1 amide bonds. The second kappa shape index (κ2) is 6.06. The molecule has 0 aliphatic carbocycles. The van der Waals surface area contributed by atoms with Gasteiger partial charge in [-0.2, -0.15) is 0 Å². The van der Waals surface area contributed by atoms with Crippen LogP contribution >= 0.6 is 12.2 Å². The van der Waals surface area contributed by atoms with Crippen LogP contribution in [0.2, 0.25) is 0 Å². The van der Waals surface area contributed by atoms with Gasteiger partial charge >= 0.3 is 0 Å². The normalized spacial score (nSPS) is 12.3. The highest BCUT2D eigenvalue weighted by Gasteiger charge is 2.25. The van der Waals surface area contributed by atoms with E-state index < -0.39 is 23.5 Å². The van der Waals surface area contributed by atoms with Gasteiger partial charge in [-0.1, -0.05) is 26.1 Å². The minimum atomic E-state index is -0.723. The molecule has 0 bridgehead atoms. The summed E-state index contributed by atoms with van der Waals surface area (Å²) in [6.07, 6.45) is 0. The van der Waals surface area contributed by atoms with Crippen molar-refractivity contribution in [2.75, 3.05) is 5.32 Å². The lowest BCUT2D eigenvalue weighted by atomic mass is 9.95. The van der Waals surface area contributed by atoms with Crippen LogP contribution in [0, 0.1) is 30.4 Å². The Labute approximate surface area is 116 Å². The number of nitrogens with one attached hydrogen (secondary N) is 1. The molecule has 1 rings (SSSR count). The van der Waals surface area contributed by atoms with Crippen molar-refractivity contribution in [3.63, 3.8) is 0 Å². The molecular formula is C13H16F2N2OS. The quantitative estimate of drug-likeness (QED) is 0.837. The third-order valence-corrected chi connectivity index (χ3v) is 3.02. The van der Waals surface area contributed by atoms with E-state index in [1.165, 1.54) is 6.92 Å². The van der Waals surface area contributed by atoms with Crippen molar-refractivity contribution in [3.05, 3.63) is 29.3 Å². The van der Waals surface area contributed by atoms with Gasteiger partial charge in [0.25, 0.3) is 0 Å². The first-order valence-corrected chi connectivity index (χ1v) is 6.20. The summed E-state index contributed by atoms with van der Waals surface area (Å²) in [6.45, 7) is 4.99. The third-order valence-electron chi connectivity index (χ3n) is 2.76. The maximum atomic E-state index is 13.6. The molecule has 1 atom stereocenters. The Morgan fingerprint density at radius 2 is 1.89 bits per heavy atom. The third kappa shape index (κ3) is 3.70. The number of carbonyl (C=O) groups excluding carboxylic acids is 1. The van der Waals surface area contributed by atoms with Gasteiger partial charge in [-0.15, -0.1) is 0 Å². The van der Waals surface area contributed by atoms with Crippen molar-refractivity contribution in [1.82, 2.24) is 0 Å².